The molecule has 88 valence electrons. The Bertz CT molecular complexity index is 205. The predicted molar refractivity (Wildman–Crippen MR) is 58.3 cm³/mol. The van der Waals surface area contributed by atoms with Crippen LogP contribution in [-0.2, 0) is 14.5 Å². The number of Topliss-reactive ketones (excluding diaryl/α,β-unsaturated/α-hetero) is 1. The third-order valence-electron chi connectivity index (χ3n) is 1.96. The second kappa shape index (κ2) is 9.61. The van der Waals surface area contributed by atoms with Crippen LogP contribution in [0, 0.1) is 0 Å². The summed E-state index contributed by atoms with van der Waals surface area (Å²) in [5, 5.41) is 3.68. The Balaban J connectivity index is 3.25. The first-order valence-corrected chi connectivity index (χ1v) is 5.17. The Hall–Kier alpha value is -0.940. The number of rotatable bonds is 9. The summed E-state index contributed by atoms with van der Waals surface area (Å²) >= 11 is 0. The predicted octanol–water partition coefficient (Wildman–Crippen LogP) is 1.42. The molecule has 0 saturated carbocycles. The summed E-state index contributed by atoms with van der Waals surface area (Å²) in [7, 11) is 0. The number of carbonyl (C=O) groups is 1. The van der Waals surface area contributed by atoms with Gasteiger partial charge in [-0.2, -0.15) is 0 Å². The number of carbonyl (C=O) groups excluding carboxylic acids is 1. The smallest absolute Gasteiger partial charge is 0.177 e. The lowest BCUT2D eigenvalue weighted by atomic mass is 10.2. The van der Waals surface area contributed by atoms with E-state index in [2.05, 4.69) is 9.99 Å². The van der Waals surface area contributed by atoms with Gasteiger partial charge >= 0.3 is 0 Å². The fourth-order valence-corrected chi connectivity index (χ4v) is 0.912. The van der Waals surface area contributed by atoms with Crippen LogP contribution < -0.4 is 5.90 Å². The van der Waals surface area contributed by atoms with Crippen molar-refractivity contribution in [2.45, 2.75) is 39.5 Å². The summed E-state index contributed by atoms with van der Waals surface area (Å²) in [6.45, 7) is 4.26. The summed E-state index contributed by atoms with van der Waals surface area (Å²) in [5.74, 6) is 4.82. The summed E-state index contributed by atoms with van der Waals surface area (Å²) in [4.78, 5) is 20.2. The maximum atomic E-state index is 10.7. The van der Waals surface area contributed by atoms with E-state index >= 15 is 0 Å². The molecule has 0 aliphatic heterocycles. The van der Waals surface area contributed by atoms with Crippen LogP contribution in [0.2, 0.25) is 0 Å². The maximum absolute atomic E-state index is 10.7. The van der Waals surface area contributed by atoms with Crippen molar-refractivity contribution in [1.29, 1.82) is 0 Å². The number of oxime groups is 1. The highest BCUT2D eigenvalue weighted by Crippen LogP contribution is 2.00. The third-order valence-corrected chi connectivity index (χ3v) is 1.96. The molecule has 5 heteroatoms. The number of hydrogen-bond donors (Lipinski definition) is 1. The summed E-state index contributed by atoms with van der Waals surface area (Å²) < 4.78 is 0. The van der Waals surface area contributed by atoms with Gasteiger partial charge in [0.05, 0.1) is 6.61 Å². The molecule has 0 radical (unpaired) electrons. The molecule has 15 heavy (non-hydrogen) atoms. The molecule has 0 spiro atoms. The van der Waals surface area contributed by atoms with Crippen molar-refractivity contribution in [3.63, 3.8) is 0 Å². The third kappa shape index (κ3) is 9.37. The largest absolute Gasteiger partial charge is 0.396 e. The zero-order chi connectivity index (χ0) is 11.5. The van der Waals surface area contributed by atoms with E-state index in [9.17, 15) is 4.79 Å². The van der Waals surface area contributed by atoms with Crippen molar-refractivity contribution >= 4 is 11.5 Å². The molecule has 5 nitrogen and oxygen atoms in total. The Kier molecular flexibility index (Phi) is 9.01. The van der Waals surface area contributed by atoms with Crippen LogP contribution in [0.25, 0.3) is 0 Å². The van der Waals surface area contributed by atoms with Gasteiger partial charge in [-0.05, 0) is 26.2 Å². The van der Waals surface area contributed by atoms with Crippen molar-refractivity contribution in [3.05, 3.63) is 0 Å². The molecule has 0 unspecified atom stereocenters. The number of nitrogens with two attached hydrogens (primary N) is 1. The Labute approximate surface area is 90.6 Å². The maximum Gasteiger partial charge on any atom is 0.177 e. The zero-order valence-electron chi connectivity index (χ0n) is 9.49. The highest BCUT2D eigenvalue weighted by atomic mass is 16.6. The van der Waals surface area contributed by atoms with Crippen LogP contribution in [0.3, 0.4) is 0 Å². The first kappa shape index (κ1) is 14.1. The van der Waals surface area contributed by atoms with E-state index in [1.807, 2.05) is 0 Å². The SMILES string of the molecule is CC(=O)C(C)=NOCCCCCCON. The Morgan fingerprint density at radius 2 is 1.73 bits per heavy atom. The highest BCUT2D eigenvalue weighted by molar-refractivity contribution is 6.37. The summed E-state index contributed by atoms with van der Waals surface area (Å²) in [5.41, 5.74) is 0.409. The molecule has 2 N–H and O–H groups in total. The molecular formula is C10H20N2O3. The number of unbranched alkanes of at least 4 members (excludes halogenated alkanes) is 3. The van der Waals surface area contributed by atoms with Gasteiger partial charge in [-0.1, -0.05) is 11.6 Å². The van der Waals surface area contributed by atoms with Gasteiger partial charge in [0.25, 0.3) is 0 Å². The molecule has 0 rings (SSSR count). The van der Waals surface area contributed by atoms with Gasteiger partial charge in [0.2, 0.25) is 0 Å². The van der Waals surface area contributed by atoms with E-state index in [0.717, 1.165) is 25.7 Å². The molecule has 0 amide bonds. The van der Waals surface area contributed by atoms with Crippen LogP contribution in [-0.4, -0.2) is 24.7 Å². The molecule has 0 saturated heterocycles. The van der Waals surface area contributed by atoms with Gasteiger partial charge in [0.1, 0.15) is 12.3 Å². The second-order valence-corrected chi connectivity index (χ2v) is 3.35. The standard InChI is InChI=1S/C10H20N2O3/c1-9(10(2)13)12-15-8-6-4-3-5-7-14-11/h3-8,11H2,1-2H3. The normalized spacial score (nSPS) is 11.5. The fraction of sp³-hybridized carbons (Fsp3) is 0.800. The molecule has 0 aromatic heterocycles. The van der Waals surface area contributed by atoms with E-state index < -0.39 is 0 Å². The minimum Gasteiger partial charge on any atom is -0.396 e. The Morgan fingerprint density at radius 1 is 1.13 bits per heavy atom. The number of hydrogen-bond acceptors (Lipinski definition) is 5. The lowest BCUT2D eigenvalue weighted by Crippen LogP contribution is -2.05. The number of ketones is 1. The summed E-state index contributed by atoms with van der Waals surface area (Å²) in [6.07, 6.45) is 4.01. The van der Waals surface area contributed by atoms with Gasteiger partial charge in [-0.3, -0.25) is 4.79 Å². The van der Waals surface area contributed by atoms with Crippen LogP contribution in [0.15, 0.2) is 5.16 Å². The molecular weight excluding hydrogens is 196 g/mol. The van der Waals surface area contributed by atoms with E-state index in [0.29, 0.717) is 18.9 Å². The Morgan fingerprint density at radius 3 is 2.27 bits per heavy atom. The van der Waals surface area contributed by atoms with Crippen LogP contribution in [0.5, 0.6) is 0 Å². The lowest BCUT2D eigenvalue weighted by molar-refractivity contribution is -0.111. The van der Waals surface area contributed by atoms with E-state index in [-0.39, 0.29) is 5.78 Å². The summed E-state index contributed by atoms with van der Waals surface area (Å²) in [6, 6.07) is 0. The van der Waals surface area contributed by atoms with Gasteiger partial charge in [0.15, 0.2) is 5.78 Å². The monoisotopic (exact) mass is 216 g/mol. The van der Waals surface area contributed by atoms with Crippen molar-refractivity contribution in [2.75, 3.05) is 13.2 Å². The van der Waals surface area contributed by atoms with Crippen LogP contribution in [0.1, 0.15) is 39.5 Å². The van der Waals surface area contributed by atoms with Crippen molar-refractivity contribution in [1.82, 2.24) is 0 Å². The molecule has 0 fully saturated rings. The molecule has 0 aliphatic rings. The lowest BCUT2D eigenvalue weighted by Gasteiger charge is -2.00. The van der Waals surface area contributed by atoms with Crippen LogP contribution in [0.4, 0.5) is 0 Å². The van der Waals surface area contributed by atoms with Gasteiger partial charge < -0.3 is 9.68 Å². The van der Waals surface area contributed by atoms with Crippen molar-refractivity contribution < 1.29 is 14.5 Å². The molecule has 0 aromatic carbocycles. The average Bonchev–Trinajstić information content (AvgIpc) is 2.21. The van der Waals surface area contributed by atoms with E-state index in [4.69, 9.17) is 10.7 Å². The average molecular weight is 216 g/mol. The minimum atomic E-state index is -0.0601. The molecule has 0 atom stereocenters. The van der Waals surface area contributed by atoms with Gasteiger partial charge in [0, 0.05) is 6.92 Å². The van der Waals surface area contributed by atoms with Crippen LogP contribution >= 0.6 is 0 Å². The van der Waals surface area contributed by atoms with Gasteiger partial charge in [-0.15, -0.1) is 0 Å². The first-order chi connectivity index (χ1) is 7.18. The molecule has 0 aliphatic carbocycles. The van der Waals surface area contributed by atoms with Gasteiger partial charge in [-0.25, -0.2) is 5.90 Å². The van der Waals surface area contributed by atoms with E-state index in [1.165, 1.54) is 6.92 Å². The number of nitrogens with zero attached hydrogens (tertiary/aromatic N) is 1. The topological polar surface area (TPSA) is 73.9 Å². The zero-order valence-corrected chi connectivity index (χ0v) is 9.49. The first-order valence-electron chi connectivity index (χ1n) is 5.17. The molecule has 0 bridgehead atoms. The van der Waals surface area contributed by atoms with Crippen molar-refractivity contribution in [2.24, 2.45) is 11.1 Å². The van der Waals surface area contributed by atoms with Crippen molar-refractivity contribution in [3.8, 4) is 0 Å². The molecule has 0 heterocycles. The molecule has 0 aromatic rings. The minimum absolute atomic E-state index is 0.0601. The highest BCUT2D eigenvalue weighted by Gasteiger charge is 1.97. The quantitative estimate of drug-likeness (QED) is 0.359. The second-order valence-electron chi connectivity index (χ2n) is 3.35. The van der Waals surface area contributed by atoms with E-state index in [1.54, 1.807) is 6.92 Å². The fourth-order valence-electron chi connectivity index (χ4n) is 0.912.